The van der Waals surface area contributed by atoms with Crippen molar-refractivity contribution in [1.29, 1.82) is 0 Å². The second-order valence-corrected chi connectivity index (χ2v) is 8.39. The standard InChI is InChI=1S/3C4H8OS2.Sb/c3*1-2-3-7-4(5)6;/h3*2-3H2,1H3,(H,5,6);/q;;;+3/p-3. The summed E-state index contributed by atoms with van der Waals surface area (Å²) in [4.78, 5) is 29.9. The van der Waals surface area contributed by atoms with Crippen LogP contribution >= 0.6 is 35.3 Å². The predicted octanol–water partition coefficient (Wildman–Crippen LogP) is 5.01. The third kappa shape index (κ3) is 49.6. The monoisotopic (exact) mass is 526 g/mol. The second-order valence-electron chi connectivity index (χ2n) is 3.30. The molecule has 2 radical (unpaired) electrons. The van der Waals surface area contributed by atoms with Gasteiger partial charge in [-0.2, -0.15) is 0 Å². The van der Waals surface area contributed by atoms with Gasteiger partial charge in [0.25, 0.3) is 0 Å². The van der Waals surface area contributed by atoms with E-state index in [-0.39, 0.29) is 37.8 Å². The molecule has 0 spiro atoms. The van der Waals surface area contributed by atoms with Crippen molar-refractivity contribution < 1.29 is 14.4 Å². The SMILES string of the molecule is CCCSC(=O)[S-].CCCSC(=O)[S-].CCCSC(=O)[S-].[Sb+3]. The summed E-state index contributed by atoms with van der Waals surface area (Å²) >= 11 is 16.4. The molecular weight excluding hydrogens is 506 g/mol. The fourth-order valence-corrected chi connectivity index (χ4v) is 2.42. The Labute approximate surface area is 181 Å². The summed E-state index contributed by atoms with van der Waals surface area (Å²) in [7, 11) is 0. The zero-order valence-corrected chi connectivity index (χ0v) is 20.3. The maximum atomic E-state index is 9.98. The topological polar surface area (TPSA) is 51.2 Å². The van der Waals surface area contributed by atoms with E-state index in [1.54, 1.807) is 0 Å². The van der Waals surface area contributed by atoms with E-state index in [1.807, 2.05) is 20.8 Å². The molecule has 128 valence electrons. The minimum atomic E-state index is -0.193. The molecular formula is C12H21O3S6Sb. The normalized spacial score (nSPS) is 8.32. The molecule has 10 heteroatoms. The average molecular weight is 527 g/mol. The minimum Gasteiger partial charge on any atom is -0.730 e. The summed E-state index contributed by atoms with van der Waals surface area (Å²) in [6.07, 6.45) is 3.06. The van der Waals surface area contributed by atoms with Gasteiger partial charge in [-0.25, -0.2) is 0 Å². The molecule has 0 aromatic carbocycles. The summed E-state index contributed by atoms with van der Waals surface area (Å²) in [6, 6.07) is 0. The fourth-order valence-electron chi connectivity index (χ4n) is 0.556. The summed E-state index contributed by atoms with van der Waals surface area (Å²) in [5.74, 6) is 2.59. The Kier molecular flexibility index (Phi) is 39.0. The Morgan fingerprint density at radius 2 is 0.818 bits per heavy atom. The van der Waals surface area contributed by atoms with Gasteiger partial charge in [0.15, 0.2) is 0 Å². The van der Waals surface area contributed by atoms with Gasteiger partial charge >= 0.3 is 24.4 Å². The molecule has 0 heterocycles. The molecule has 0 aromatic rings. The smallest absolute Gasteiger partial charge is 0.730 e. The average Bonchev–Trinajstić information content (AvgIpc) is 2.41. The predicted molar refractivity (Wildman–Crippen MR) is 112 cm³/mol. The third-order valence-corrected chi connectivity index (χ3v) is 4.88. The maximum absolute atomic E-state index is 9.98. The maximum Gasteiger partial charge on any atom is 3.00 e. The van der Waals surface area contributed by atoms with E-state index in [0.29, 0.717) is 0 Å². The van der Waals surface area contributed by atoms with E-state index >= 15 is 0 Å². The number of carbonyl (C=O) groups is 3. The molecule has 22 heavy (non-hydrogen) atoms. The molecule has 0 N–H and O–H groups in total. The molecule has 3 nitrogen and oxygen atoms in total. The second kappa shape index (κ2) is 27.4. The van der Waals surface area contributed by atoms with Crippen molar-refractivity contribution in [2.75, 3.05) is 17.3 Å². The minimum absolute atomic E-state index is 0. The van der Waals surface area contributed by atoms with Crippen molar-refractivity contribution >= 4 is 111 Å². The van der Waals surface area contributed by atoms with Crippen molar-refractivity contribution in [2.45, 2.75) is 40.0 Å². The number of thioether (sulfide) groups is 3. The van der Waals surface area contributed by atoms with Gasteiger partial charge in [-0.3, -0.25) is 0 Å². The Balaban J connectivity index is -0.000000108. The van der Waals surface area contributed by atoms with Crippen molar-refractivity contribution in [1.82, 2.24) is 0 Å². The van der Waals surface area contributed by atoms with Crippen LogP contribution in [0.1, 0.15) is 40.0 Å². The first-order chi connectivity index (χ1) is 9.81. The molecule has 0 aliphatic rings. The summed E-state index contributed by atoms with van der Waals surface area (Å²) < 4.78 is -0.578. The number of hydrogen-bond acceptors (Lipinski definition) is 9. The van der Waals surface area contributed by atoms with Gasteiger partial charge in [0.2, 0.25) is 0 Å². The quantitative estimate of drug-likeness (QED) is 0.351. The summed E-state index contributed by atoms with van der Waals surface area (Å²) in [5.41, 5.74) is 0. The molecule has 0 saturated heterocycles. The molecule has 0 unspecified atom stereocenters. The molecule has 0 saturated carbocycles. The fraction of sp³-hybridized carbons (Fsp3) is 0.750. The van der Waals surface area contributed by atoms with E-state index < -0.39 is 0 Å². The van der Waals surface area contributed by atoms with E-state index in [2.05, 4.69) is 37.9 Å². The van der Waals surface area contributed by atoms with Gasteiger partial charge < -0.3 is 52.3 Å². The van der Waals surface area contributed by atoms with E-state index in [9.17, 15) is 14.4 Å². The van der Waals surface area contributed by atoms with Crippen LogP contribution in [0.15, 0.2) is 0 Å². The molecule has 0 atom stereocenters. The number of carbonyl (C=O) groups excluding carboxylic acids is 3. The van der Waals surface area contributed by atoms with Crippen molar-refractivity contribution in [3.8, 4) is 0 Å². The van der Waals surface area contributed by atoms with Crippen LogP contribution in [0.25, 0.3) is 0 Å². The zero-order valence-electron chi connectivity index (χ0n) is 12.9. The first-order valence-corrected chi connectivity index (χ1v) is 10.5. The van der Waals surface area contributed by atoms with Crippen LogP contribution in [0.3, 0.4) is 0 Å². The van der Waals surface area contributed by atoms with Crippen molar-refractivity contribution in [3.05, 3.63) is 0 Å². The molecule has 0 rings (SSSR count). The first kappa shape index (κ1) is 31.3. The van der Waals surface area contributed by atoms with Crippen LogP contribution < -0.4 is 0 Å². The number of hydrogen-bond donors (Lipinski definition) is 0. The van der Waals surface area contributed by atoms with Gasteiger partial charge in [-0.1, -0.05) is 20.8 Å². The Morgan fingerprint density at radius 3 is 0.864 bits per heavy atom. The molecule has 0 bridgehead atoms. The molecule has 0 fully saturated rings. The van der Waals surface area contributed by atoms with Crippen LogP contribution in [0.5, 0.6) is 0 Å². The van der Waals surface area contributed by atoms with Crippen LogP contribution in [-0.4, -0.2) is 55.0 Å². The van der Waals surface area contributed by atoms with Gasteiger partial charge in [-0.05, 0) is 36.5 Å². The van der Waals surface area contributed by atoms with Crippen molar-refractivity contribution in [2.24, 2.45) is 0 Å². The third-order valence-electron chi connectivity index (χ3n) is 1.27. The molecule has 0 aromatic heterocycles. The van der Waals surface area contributed by atoms with Crippen molar-refractivity contribution in [3.63, 3.8) is 0 Å². The Bertz CT molecular complexity index is 237. The van der Waals surface area contributed by atoms with Crippen LogP contribution in [0.2, 0.25) is 0 Å². The van der Waals surface area contributed by atoms with Crippen LogP contribution in [0.4, 0.5) is 14.4 Å². The van der Waals surface area contributed by atoms with Gasteiger partial charge in [0.05, 0.1) is 13.3 Å². The summed E-state index contributed by atoms with van der Waals surface area (Å²) in [6.45, 7) is 6.06. The van der Waals surface area contributed by atoms with Gasteiger partial charge in [-0.15, -0.1) is 35.3 Å². The summed E-state index contributed by atoms with van der Waals surface area (Å²) in [5, 5.41) is 0. The molecule has 0 aliphatic carbocycles. The Morgan fingerprint density at radius 1 is 0.636 bits per heavy atom. The van der Waals surface area contributed by atoms with E-state index in [0.717, 1.165) is 36.5 Å². The zero-order chi connectivity index (χ0) is 17.1. The molecule has 0 aliphatic heterocycles. The van der Waals surface area contributed by atoms with Crippen LogP contribution in [-0.2, 0) is 37.9 Å². The first-order valence-electron chi connectivity index (χ1n) is 6.32. The number of rotatable bonds is 6. The Hall–Kier alpha value is 1.54. The van der Waals surface area contributed by atoms with Gasteiger partial charge in [0, 0.05) is 0 Å². The van der Waals surface area contributed by atoms with Crippen LogP contribution in [0, 0.1) is 0 Å². The van der Waals surface area contributed by atoms with E-state index in [4.69, 9.17) is 0 Å². The molecule has 0 amide bonds. The largest absolute Gasteiger partial charge is 3.00 e. The van der Waals surface area contributed by atoms with Gasteiger partial charge in [0.1, 0.15) is 0 Å². The van der Waals surface area contributed by atoms with E-state index in [1.165, 1.54) is 35.3 Å².